The first-order valence-corrected chi connectivity index (χ1v) is 7.71. The number of benzene rings is 1. The summed E-state index contributed by atoms with van der Waals surface area (Å²) >= 11 is 0. The van der Waals surface area contributed by atoms with Gasteiger partial charge in [-0.15, -0.1) is 0 Å². The van der Waals surface area contributed by atoms with Crippen LogP contribution in [0.15, 0.2) is 30.3 Å². The van der Waals surface area contributed by atoms with E-state index >= 15 is 0 Å². The van der Waals surface area contributed by atoms with Crippen LogP contribution in [0.1, 0.15) is 50.5 Å². The molecule has 3 heteroatoms. The number of aliphatic hydroxyl groups is 1. The number of rotatable bonds is 8. The Morgan fingerprint density at radius 3 is 2.45 bits per heavy atom. The molecule has 0 saturated heterocycles. The normalized spacial score (nSPS) is 10.8. The molecule has 0 bridgehead atoms. The van der Waals surface area contributed by atoms with Crippen LogP contribution in [0.3, 0.4) is 0 Å². The van der Waals surface area contributed by atoms with Crippen molar-refractivity contribution in [2.75, 3.05) is 0 Å². The number of amides is 1. The Hall–Kier alpha value is -2.23. The molecule has 3 N–H and O–H groups in total. The van der Waals surface area contributed by atoms with Gasteiger partial charge in [-0.1, -0.05) is 55.7 Å². The second-order valence-electron chi connectivity index (χ2n) is 5.14. The minimum Gasteiger partial charge on any atom is -0.383 e. The Bertz CT molecular complexity index is 558. The first-order valence-electron chi connectivity index (χ1n) is 7.71. The minimum atomic E-state index is -0.992. The number of aliphatic hydroxyl groups excluding tert-OH is 1. The second kappa shape index (κ2) is 11.4. The van der Waals surface area contributed by atoms with Gasteiger partial charge in [0.1, 0.15) is 6.10 Å². The summed E-state index contributed by atoms with van der Waals surface area (Å²) in [6.07, 6.45) is 5.41. The molecule has 0 fully saturated rings. The van der Waals surface area contributed by atoms with E-state index in [1.807, 2.05) is 30.3 Å². The zero-order valence-corrected chi connectivity index (χ0v) is 12.8. The Balaban J connectivity index is 2.02. The largest absolute Gasteiger partial charge is 0.383 e. The zero-order valence-electron chi connectivity index (χ0n) is 12.8. The van der Waals surface area contributed by atoms with E-state index in [0.717, 1.165) is 44.1 Å². The Labute approximate surface area is 132 Å². The van der Waals surface area contributed by atoms with E-state index in [-0.39, 0.29) is 0 Å². The molecule has 116 valence electrons. The molecule has 1 atom stereocenters. The van der Waals surface area contributed by atoms with Crippen LogP contribution < -0.4 is 5.73 Å². The highest BCUT2D eigenvalue weighted by atomic mass is 16.3. The van der Waals surface area contributed by atoms with Gasteiger partial charge >= 0.3 is 0 Å². The Morgan fingerprint density at radius 1 is 1.05 bits per heavy atom. The molecule has 1 rings (SSSR count). The van der Waals surface area contributed by atoms with Crippen molar-refractivity contribution >= 4 is 5.91 Å². The van der Waals surface area contributed by atoms with Crippen molar-refractivity contribution in [3.63, 3.8) is 0 Å². The van der Waals surface area contributed by atoms with Gasteiger partial charge < -0.3 is 10.8 Å². The molecule has 0 saturated carbocycles. The lowest BCUT2D eigenvalue weighted by Gasteiger charge is -2.05. The fourth-order valence-corrected chi connectivity index (χ4v) is 1.96. The third kappa shape index (κ3) is 8.84. The number of nitrogens with two attached hydrogens (primary N) is 1. The van der Waals surface area contributed by atoms with E-state index < -0.39 is 12.0 Å². The van der Waals surface area contributed by atoms with Gasteiger partial charge in [0, 0.05) is 12.0 Å². The maximum Gasteiger partial charge on any atom is 0.246 e. The number of hydrogen-bond donors (Lipinski definition) is 2. The fourth-order valence-electron chi connectivity index (χ4n) is 1.96. The molecule has 0 aliphatic carbocycles. The molecule has 0 heterocycles. The predicted octanol–water partition coefficient (Wildman–Crippen LogP) is 2.62. The van der Waals surface area contributed by atoms with Crippen molar-refractivity contribution in [2.45, 2.75) is 51.0 Å². The quantitative estimate of drug-likeness (QED) is 0.572. The lowest BCUT2D eigenvalue weighted by Crippen LogP contribution is -2.27. The van der Waals surface area contributed by atoms with Crippen molar-refractivity contribution < 1.29 is 9.90 Å². The molecule has 1 amide bonds. The topological polar surface area (TPSA) is 63.3 Å². The summed E-state index contributed by atoms with van der Waals surface area (Å²) < 4.78 is 0. The van der Waals surface area contributed by atoms with E-state index in [2.05, 4.69) is 23.7 Å². The van der Waals surface area contributed by atoms with E-state index in [4.69, 9.17) is 5.73 Å². The van der Waals surface area contributed by atoms with E-state index in [1.165, 1.54) is 0 Å². The van der Waals surface area contributed by atoms with E-state index in [1.54, 1.807) is 0 Å². The van der Waals surface area contributed by atoms with Crippen molar-refractivity contribution in [1.29, 1.82) is 0 Å². The number of carbonyl (C=O) groups excluding carboxylic acids is 1. The highest BCUT2D eigenvalue weighted by Gasteiger charge is 2.08. The molecule has 0 aliphatic heterocycles. The number of hydrogen-bond acceptors (Lipinski definition) is 2. The Kier molecular flexibility index (Phi) is 9.26. The number of primary amides is 1. The third-order valence-corrected chi connectivity index (χ3v) is 3.24. The van der Waals surface area contributed by atoms with E-state index in [0.29, 0.717) is 6.42 Å². The van der Waals surface area contributed by atoms with Crippen molar-refractivity contribution in [3.8, 4) is 23.7 Å². The maximum atomic E-state index is 10.6. The van der Waals surface area contributed by atoms with Gasteiger partial charge in [0.05, 0.1) is 0 Å². The summed E-state index contributed by atoms with van der Waals surface area (Å²) in [4.78, 5) is 10.6. The second-order valence-corrected chi connectivity index (χ2v) is 5.14. The van der Waals surface area contributed by atoms with Crippen LogP contribution in [0.2, 0.25) is 0 Å². The summed E-state index contributed by atoms with van der Waals surface area (Å²) in [6, 6.07) is 9.80. The summed E-state index contributed by atoms with van der Waals surface area (Å²) in [5, 5.41) is 9.23. The molecule has 0 aliphatic rings. The molecule has 22 heavy (non-hydrogen) atoms. The summed E-state index contributed by atoms with van der Waals surface area (Å²) in [7, 11) is 0. The van der Waals surface area contributed by atoms with Crippen LogP contribution in [0.4, 0.5) is 0 Å². The fraction of sp³-hybridized carbons (Fsp3) is 0.421. The smallest absolute Gasteiger partial charge is 0.246 e. The SMILES string of the molecule is NC(=O)C(O)CCCCCCCC#CC#Cc1ccccc1. The van der Waals surface area contributed by atoms with Gasteiger partial charge in [0.2, 0.25) is 5.91 Å². The lowest BCUT2D eigenvalue weighted by molar-refractivity contribution is -0.126. The summed E-state index contributed by atoms with van der Waals surface area (Å²) in [6.45, 7) is 0. The van der Waals surface area contributed by atoms with Crippen LogP contribution in [0.5, 0.6) is 0 Å². The minimum absolute atomic E-state index is 0.463. The number of unbranched alkanes of at least 4 members (excludes halogenated alkanes) is 5. The lowest BCUT2D eigenvalue weighted by atomic mass is 10.1. The van der Waals surface area contributed by atoms with Gasteiger partial charge in [0.15, 0.2) is 0 Å². The maximum absolute atomic E-state index is 10.6. The molecular formula is C19H23NO2. The molecule has 1 aromatic rings. The third-order valence-electron chi connectivity index (χ3n) is 3.24. The van der Waals surface area contributed by atoms with E-state index in [9.17, 15) is 9.90 Å². The molecule has 0 radical (unpaired) electrons. The molecule has 0 aromatic heterocycles. The van der Waals surface area contributed by atoms with Gasteiger partial charge in [-0.05, 0) is 36.8 Å². The van der Waals surface area contributed by atoms with Crippen LogP contribution >= 0.6 is 0 Å². The van der Waals surface area contributed by atoms with Gasteiger partial charge in [-0.25, -0.2) is 0 Å². The van der Waals surface area contributed by atoms with Crippen LogP contribution in [-0.2, 0) is 4.79 Å². The standard InChI is InChI=1S/C19H23NO2/c20-19(22)18(21)16-12-7-5-3-1-2-4-6-9-13-17-14-10-8-11-15-17/h8,10-11,14-15,18,21H,1-3,5,7,12,16H2,(H2,20,22). The van der Waals surface area contributed by atoms with Crippen molar-refractivity contribution in [3.05, 3.63) is 35.9 Å². The molecule has 1 unspecified atom stereocenters. The highest BCUT2D eigenvalue weighted by molar-refractivity contribution is 5.78. The van der Waals surface area contributed by atoms with Crippen LogP contribution in [-0.4, -0.2) is 17.1 Å². The summed E-state index contributed by atoms with van der Waals surface area (Å²) in [5.41, 5.74) is 5.96. The zero-order chi connectivity index (χ0) is 16.0. The molecule has 0 spiro atoms. The molecule has 3 nitrogen and oxygen atoms in total. The molecule has 1 aromatic carbocycles. The van der Waals surface area contributed by atoms with Crippen molar-refractivity contribution in [1.82, 2.24) is 0 Å². The average Bonchev–Trinajstić information content (AvgIpc) is 2.53. The first-order chi connectivity index (χ1) is 10.7. The van der Waals surface area contributed by atoms with Crippen LogP contribution in [0.25, 0.3) is 0 Å². The monoisotopic (exact) mass is 297 g/mol. The predicted molar refractivity (Wildman–Crippen MR) is 88.6 cm³/mol. The number of carbonyl (C=O) groups is 1. The Morgan fingerprint density at radius 2 is 1.73 bits per heavy atom. The highest BCUT2D eigenvalue weighted by Crippen LogP contribution is 2.08. The van der Waals surface area contributed by atoms with Crippen LogP contribution in [0, 0.1) is 23.7 Å². The average molecular weight is 297 g/mol. The summed E-state index contributed by atoms with van der Waals surface area (Å²) in [5.74, 6) is 11.1. The first kappa shape index (κ1) is 17.8. The van der Waals surface area contributed by atoms with Gasteiger partial charge in [-0.2, -0.15) is 0 Å². The van der Waals surface area contributed by atoms with Gasteiger partial charge in [-0.3, -0.25) is 4.79 Å². The molecular weight excluding hydrogens is 274 g/mol. The van der Waals surface area contributed by atoms with Gasteiger partial charge in [0.25, 0.3) is 0 Å². The van der Waals surface area contributed by atoms with Crippen molar-refractivity contribution in [2.24, 2.45) is 5.73 Å².